The quantitative estimate of drug-likeness (QED) is 0.600. The average Bonchev–Trinajstić information content (AvgIpc) is 3.18. The molecule has 2 heterocycles. The number of rotatable bonds is 3. The molecule has 0 bridgehead atoms. The summed E-state index contributed by atoms with van der Waals surface area (Å²) in [6.07, 6.45) is 5.66. The van der Waals surface area contributed by atoms with Crippen LogP contribution in [0.2, 0.25) is 0 Å². The summed E-state index contributed by atoms with van der Waals surface area (Å²) < 4.78 is 5.39. The van der Waals surface area contributed by atoms with E-state index in [1.54, 1.807) is 20.8 Å². The molecule has 178 valence electrons. The number of fused-ring (bicyclic) bond motifs is 1. The maximum Gasteiger partial charge on any atom is 0.410 e. The third-order valence-electron chi connectivity index (χ3n) is 6.59. The number of amides is 3. The number of hydrogen-bond acceptors (Lipinski definition) is 5. The number of benzene rings is 1. The molecular weight excluding hydrogens is 422 g/mol. The Morgan fingerprint density at radius 3 is 2.39 bits per heavy atom. The average molecular weight is 456 g/mol. The number of anilines is 1. The Labute approximate surface area is 194 Å². The van der Waals surface area contributed by atoms with Gasteiger partial charge in [-0.2, -0.15) is 0 Å². The first-order chi connectivity index (χ1) is 15.6. The van der Waals surface area contributed by atoms with Crippen molar-refractivity contribution in [2.24, 2.45) is 5.92 Å². The number of carbonyl (C=O) groups is 3. The van der Waals surface area contributed by atoms with Crippen molar-refractivity contribution >= 4 is 23.6 Å². The third-order valence-corrected chi connectivity index (χ3v) is 6.59. The molecular formula is C25H33N3O5. The van der Waals surface area contributed by atoms with Gasteiger partial charge in [0.15, 0.2) is 0 Å². The summed E-state index contributed by atoms with van der Waals surface area (Å²) in [6, 6.07) is 7.25. The van der Waals surface area contributed by atoms with E-state index in [0.29, 0.717) is 11.6 Å². The van der Waals surface area contributed by atoms with Gasteiger partial charge in [-0.3, -0.25) is 9.59 Å². The highest BCUT2D eigenvalue weighted by Crippen LogP contribution is 2.33. The maximum absolute atomic E-state index is 12.9. The van der Waals surface area contributed by atoms with Crippen molar-refractivity contribution in [1.29, 1.82) is 0 Å². The van der Waals surface area contributed by atoms with E-state index in [1.165, 1.54) is 42.6 Å². The van der Waals surface area contributed by atoms with Crippen molar-refractivity contribution in [3.8, 4) is 0 Å². The maximum atomic E-state index is 12.9. The fraction of sp³-hybridized carbons (Fsp3) is 0.560. The summed E-state index contributed by atoms with van der Waals surface area (Å²) in [5.74, 6) is -1.58. The van der Waals surface area contributed by atoms with Gasteiger partial charge in [-0.25, -0.2) is 4.79 Å². The molecule has 3 aliphatic rings. The van der Waals surface area contributed by atoms with Crippen LogP contribution in [0.15, 0.2) is 35.6 Å². The molecule has 3 N–H and O–H groups in total. The van der Waals surface area contributed by atoms with E-state index in [4.69, 9.17) is 4.74 Å². The molecule has 3 amide bonds. The lowest BCUT2D eigenvalue weighted by atomic mass is 9.84. The van der Waals surface area contributed by atoms with Crippen molar-refractivity contribution in [3.05, 3.63) is 41.2 Å². The highest BCUT2D eigenvalue weighted by atomic mass is 16.6. The minimum Gasteiger partial charge on any atom is -0.511 e. The zero-order chi connectivity index (χ0) is 23.8. The molecule has 2 aliphatic heterocycles. The number of aliphatic hydroxyl groups excluding tert-OH is 1. The summed E-state index contributed by atoms with van der Waals surface area (Å²) >= 11 is 0. The van der Waals surface area contributed by atoms with E-state index >= 15 is 0 Å². The molecule has 1 saturated heterocycles. The van der Waals surface area contributed by atoms with Crippen LogP contribution >= 0.6 is 0 Å². The summed E-state index contributed by atoms with van der Waals surface area (Å²) in [7, 11) is 0. The summed E-state index contributed by atoms with van der Waals surface area (Å²) in [5, 5.41) is 16.3. The molecule has 1 aromatic rings. The van der Waals surface area contributed by atoms with Crippen LogP contribution in [0.4, 0.5) is 10.5 Å². The van der Waals surface area contributed by atoms with E-state index in [-0.39, 0.29) is 24.4 Å². The van der Waals surface area contributed by atoms with E-state index in [9.17, 15) is 19.5 Å². The first kappa shape index (κ1) is 23.1. The van der Waals surface area contributed by atoms with Gasteiger partial charge in [0.25, 0.3) is 11.8 Å². The SMILES string of the molecule is CC(C)(C)OC(=O)N1C[C@@H]2NC(=O)C(C(=O)Nc3ccc(C4CCCCC4)cc3)=C(O)[C@H]2C1. The van der Waals surface area contributed by atoms with Gasteiger partial charge in [0.05, 0.1) is 12.0 Å². The molecule has 0 radical (unpaired) electrons. The lowest BCUT2D eigenvalue weighted by molar-refractivity contribution is -0.123. The standard InChI is InChI=1S/C25H33N3O5/c1-25(2,3)33-24(32)28-13-18-19(14-28)27-23(31)20(21(18)29)22(30)26-17-11-9-16(10-12-17)15-7-5-4-6-8-15/h9-12,15,18-19,29H,4-8,13-14H2,1-3H3,(H,26,30)(H,27,31)/t18-,19-/m0/s1. The van der Waals surface area contributed by atoms with Crippen LogP contribution in [0, 0.1) is 5.92 Å². The second-order valence-electron chi connectivity index (χ2n) is 10.2. The van der Waals surface area contributed by atoms with Gasteiger partial charge < -0.3 is 25.4 Å². The smallest absolute Gasteiger partial charge is 0.410 e. The first-order valence-electron chi connectivity index (χ1n) is 11.8. The molecule has 4 rings (SSSR count). The monoisotopic (exact) mass is 455 g/mol. The Hall–Kier alpha value is -3.03. The number of nitrogens with one attached hydrogen (secondary N) is 2. The number of ether oxygens (including phenoxy) is 1. The normalized spacial score (nSPS) is 23.7. The van der Waals surface area contributed by atoms with Crippen molar-refractivity contribution in [2.45, 2.75) is 70.4 Å². The largest absolute Gasteiger partial charge is 0.511 e. The molecule has 2 fully saturated rings. The van der Waals surface area contributed by atoms with Crippen molar-refractivity contribution in [1.82, 2.24) is 10.2 Å². The summed E-state index contributed by atoms with van der Waals surface area (Å²) in [6.45, 7) is 5.71. The molecule has 1 saturated carbocycles. The molecule has 0 unspecified atom stereocenters. The number of aliphatic hydroxyl groups is 1. The predicted octanol–water partition coefficient (Wildman–Crippen LogP) is 3.85. The zero-order valence-electron chi connectivity index (χ0n) is 19.5. The molecule has 0 aromatic heterocycles. The molecule has 8 nitrogen and oxygen atoms in total. The van der Waals surface area contributed by atoms with Gasteiger partial charge in [0.1, 0.15) is 16.9 Å². The second-order valence-corrected chi connectivity index (χ2v) is 10.2. The van der Waals surface area contributed by atoms with Gasteiger partial charge in [0, 0.05) is 18.8 Å². The molecule has 8 heteroatoms. The van der Waals surface area contributed by atoms with Crippen LogP contribution < -0.4 is 10.6 Å². The first-order valence-corrected chi connectivity index (χ1v) is 11.8. The van der Waals surface area contributed by atoms with Crippen LogP contribution in [0.1, 0.15) is 64.4 Å². The van der Waals surface area contributed by atoms with Gasteiger partial charge in [-0.1, -0.05) is 31.4 Å². The Morgan fingerprint density at radius 1 is 1.09 bits per heavy atom. The van der Waals surface area contributed by atoms with Crippen LogP contribution in [0.3, 0.4) is 0 Å². The molecule has 2 atom stereocenters. The highest BCUT2D eigenvalue weighted by molar-refractivity contribution is 6.23. The second kappa shape index (κ2) is 9.08. The molecule has 33 heavy (non-hydrogen) atoms. The van der Waals surface area contributed by atoms with E-state index in [2.05, 4.69) is 10.6 Å². The minimum absolute atomic E-state index is 0.165. The van der Waals surface area contributed by atoms with Gasteiger partial charge in [-0.05, 0) is 57.2 Å². The Balaban J connectivity index is 1.44. The third kappa shape index (κ3) is 5.15. The van der Waals surface area contributed by atoms with Crippen molar-refractivity contribution in [3.63, 3.8) is 0 Å². The number of carbonyl (C=O) groups excluding carboxylic acids is 3. The fourth-order valence-electron chi connectivity index (χ4n) is 4.93. The Kier molecular flexibility index (Phi) is 6.36. The van der Waals surface area contributed by atoms with Crippen LogP contribution in [0.25, 0.3) is 0 Å². The van der Waals surface area contributed by atoms with Crippen LogP contribution in [-0.2, 0) is 14.3 Å². The van der Waals surface area contributed by atoms with Crippen molar-refractivity contribution < 1.29 is 24.2 Å². The van der Waals surface area contributed by atoms with Crippen LogP contribution in [0.5, 0.6) is 0 Å². The summed E-state index contributed by atoms with van der Waals surface area (Å²) in [4.78, 5) is 39.3. The fourth-order valence-corrected chi connectivity index (χ4v) is 4.93. The Morgan fingerprint density at radius 2 is 1.76 bits per heavy atom. The number of nitrogens with zero attached hydrogens (tertiary/aromatic N) is 1. The van der Waals surface area contributed by atoms with E-state index < -0.39 is 35.5 Å². The zero-order valence-corrected chi connectivity index (χ0v) is 19.5. The Bertz CT molecular complexity index is 957. The van der Waals surface area contributed by atoms with Crippen molar-refractivity contribution in [2.75, 3.05) is 18.4 Å². The van der Waals surface area contributed by atoms with Gasteiger partial charge in [-0.15, -0.1) is 0 Å². The van der Waals surface area contributed by atoms with Crippen LogP contribution in [-0.4, -0.2) is 52.6 Å². The minimum atomic E-state index is -0.662. The number of hydrogen-bond donors (Lipinski definition) is 3. The van der Waals surface area contributed by atoms with E-state index in [0.717, 1.165) is 0 Å². The van der Waals surface area contributed by atoms with Gasteiger partial charge in [0.2, 0.25) is 0 Å². The van der Waals surface area contributed by atoms with Gasteiger partial charge >= 0.3 is 6.09 Å². The predicted molar refractivity (Wildman–Crippen MR) is 124 cm³/mol. The molecule has 0 spiro atoms. The van der Waals surface area contributed by atoms with E-state index in [1.807, 2.05) is 24.3 Å². The topological polar surface area (TPSA) is 108 Å². The summed E-state index contributed by atoms with van der Waals surface area (Å²) in [5.41, 5.74) is 0.875. The lowest BCUT2D eigenvalue weighted by Crippen LogP contribution is -2.48. The highest BCUT2D eigenvalue weighted by Gasteiger charge is 2.46. The lowest BCUT2D eigenvalue weighted by Gasteiger charge is -2.26. The molecule has 1 aromatic carbocycles. The number of likely N-dealkylation sites (tertiary alicyclic amines) is 1. The molecule has 1 aliphatic carbocycles.